The van der Waals surface area contributed by atoms with Gasteiger partial charge in [0.15, 0.2) is 0 Å². The minimum absolute atomic E-state index is 0.0703. The maximum absolute atomic E-state index is 12.9. The van der Waals surface area contributed by atoms with Crippen molar-refractivity contribution in [2.45, 2.75) is 32.4 Å². The van der Waals surface area contributed by atoms with E-state index in [0.717, 1.165) is 37.3 Å². The second-order valence-electron chi connectivity index (χ2n) is 4.79. The largest absolute Gasteiger partial charge is 0.379 e. The van der Waals surface area contributed by atoms with E-state index in [1.807, 2.05) is 13.0 Å². The third kappa shape index (κ3) is 2.60. The Labute approximate surface area is 95.8 Å². The van der Waals surface area contributed by atoms with E-state index in [9.17, 15) is 4.39 Å². The monoisotopic (exact) mass is 223 g/mol. The van der Waals surface area contributed by atoms with Crippen LogP contribution >= 0.6 is 0 Å². The SMILES string of the molecule is Cc1cc(F)ccc1CNC1(C)CCOC1. The highest BCUT2D eigenvalue weighted by Crippen LogP contribution is 2.19. The van der Waals surface area contributed by atoms with E-state index in [4.69, 9.17) is 4.74 Å². The van der Waals surface area contributed by atoms with Crippen molar-refractivity contribution in [2.24, 2.45) is 0 Å². The van der Waals surface area contributed by atoms with Crippen molar-refractivity contribution in [3.63, 3.8) is 0 Å². The first-order chi connectivity index (χ1) is 7.59. The maximum atomic E-state index is 12.9. The molecule has 2 nitrogen and oxygen atoms in total. The van der Waals surface area contributed by atoms with Gasteiger partial charge >= 0.3 is 0 Å². The van der Waals surface area contributed by atoms with Crippen molar-refractivity contribution < 1.29 is 9.13 Å². The first-order valence-corrected chi connectivity index (χ1v) is 5.67. The summed E-state index contributed by atoms with van der Waals surface area (Å²) in [5, 5.41) is 3.49. The smallest absolute Gasteiger partial charge is 0.123 e. The van der Waals surface area contributed by atoms with Gasteiger partial charge in [0.25, 0.3) is 0 Å². The number of rotatable bonds is 3. The van der Waals surface area contributed by atoms with Gasteiger partial charge in [-0.25, -0.2) is 4.39 Å². The molecule has 88 valence electrons. The molecular formula is C13H18FNO. The molecule has 0 aromatic heterocycles. The van der Waals surface area contributed by atoms with Gasteiger partial charge in [0, 0.05) is 18.7 Å². The summed E-state index contributed by atoms with van der Waals surface area (Å²) in [5.41, 5.74) is 2.21. The number of hydrogen-bond donors (Lipinski definition) is 1. The van der Waals surface area contributed by atoms with Gasteiger partial charge < -0.3 is 10.1 Å². The van der Waals surface area contributed by atoms with Gasteiger partial charge in [-0.3, -0.25) is 0 Å². The molecule has 3 heteroatoms. The summed E-state index contributed by atoms with van der Waals surface area (Å²) in [7, 11) is 0. The lowest BCUT2D eigenvalue weighted by Gasteiger charge is -2.24. The Morgan fingerprint density at radius 1 is 1.50 bits per heavy atom. The second-order valence-corrected chi connectivity index (χ2v) is 4.79. The molecule has 0 spiro atoms. The van der Waals surface area contributed by atoms with E-state index in [-0.39, 0.29) is 11.4 Å². The average Bonchev–Trinajstić information content (AvgIpc) is 2.64. The van der Waals surface area contributed by atoms with Gasteiger partial charge in [-0.05, 0) is 43.5 Å². The summed E-state index contributed by atoms with van der Waals surface area (Å²) in [6.45, 7) is 6.46. The number of ether oxygens (including phenoxy) is 1. The summed E-state index contributed by atoms with van der Waals surface area (Å²) in [4.78, 5) is 0. The lowest BCUT2D eigenvalue weighted by Crippen LogP contribution is -2.42. The zero-order chi connectivity index (χ0) is 11.6. The minimum atomic E-state index is -0.170. The second kappa shape index (κ2) is 4.52. The fourth-order valence-electron chi connectivity index (χ4n) is 1.97. The lowest BCUT2D eigenvalue weighted by molar-refractivity contribution is 0.171. The Bertz CT molecular complexity index is 372. The average molecular weight is 223 g/mol. The standard InChI is InChI=1S/C13H18FNO/c1-10-7-12(14)4-3-11(10)8-15-13(2)5-6-16-9-13/h3-4,7,15H,5-6,8-9H2,1-2H3. The highest BCUT2D eigenvalue weighted by Gasteiger charge is 2.28. The third-order valence-electron chi connectivity index (χ3n) is 3.23. The molecule has 1 aromatic rings. The highest BCUT2D eigenvalue weighted by atomic mass is 19.1. The van der Waals surface area contributed by atoms with Crippen LogP contribution in [0.2, 0.25) is 0 Å². The van der Waals surface area contributed by atoms with Gasteiger partial charge in [0.1, 0.15) is 5.82 Å². The van der Waals surface area contributed by atoms with Crippen LogP contribution in [0.1, 0.15) is 24.5 Å². The molecule has 0 amide bonds. The Morgan fingerprint density at radius 3 is 2.94 bits per heavy atom. The first-order valence-electron chi connectivity index (χ1n) is 5.67. The molecule has 1 atom stereocenters. The maximum Gasteiger partial charge on any atom is 0.123 e. The molecular weight excluding hydrogens is 205 g/mol. The fourth-order valence-corrected chi connectivity index (χ4v) is 1.97. The predicted octanol–water partition coefficient (Wildman–Crippen LogP) is 2.40. The number of halogens is 1. The Hall–Kier alpha value is -0.930. The normalized spacial score (nSPS) is 24.9. The lowest BCUT2D eigenvalue weighted by atomic mass is 10.0. The molecule has 0 saturated carbocycles. The number of hydrogen-bond acceptors (Lipinski definition) is 2. The van der Waals surface area contributed by atoms with Crippen LogP contribution in [0.5, 0.6) is 0 Å². The summed E-state index contributed by atoms with van der Waals surface area (Å²) in [6, 6.07) is 4.93. The van der Waals surface area contributed by atoms with Crippen molar-refractivity contribution in [3.05, 3.63) is 35.1 Å². The topological polar surface area (TPSA) is 21.3 Å². The van der Waals surface area contributed by atoms with Crippen LogP contribution in [-0.4, -0.2) is 18.8 Å². The molecule has 1 unspecified atom stereocenters. The van der Waals surface area contributed by atoms with Crippen molar-refractivity contribution in [3.8, 4) is 0 Å². The zero-order valence-corrected chi connectivity index (χ0v) is 9.85. The molecule has 2 rings (SSSR count). The van der Waals surface area contributed by atoms with Crippen molar-refractivity contribution in [2.75, 3.05) is 13.2 Å². The van der Waals surface area contributed by atoms with E-state index in [1.54, 1.807) is 6.07 Å². The van der Waals surface area contributed by atoms with Crippen LogP contribution in [0.25, 0.3) is 0 Å². The van der Waals surface area contributed by atoms with Gasteiger partial charge in [0.2, 0.25) is 0 Å². The molecule has 0 aliphatic carbocycles. The molecule has 0 bridgehead atoms. The molecule has 1 aromatic carbocycles. The van der Waals surface area contributed by atoms with E-state index in [1.165, 1.54) is 6.07 Å². The molecule has 1 aliphatic heterocycles. The summed E-state index contributed by atoms with van der Waals surface area (Å²) >= 11 is 0. The quantitative estimate of drug-likeness (QED) is 0.849. The highest BCUT2D eigenvalue weighted by molar-refractivity contribution is 5.26. The van der Waals surface area contributed by atoms with Crippen molar-refractivity contribution in [1.29, 1.82) is 0 Å². The van der Waals surface area contributed by atoms with Gasteiger partial charge in [0.05, 0.1) is 6.61 Å². The molecule has 0 radical (unpaired) electrons. The van der Waals surface area contributed by atoms with Crippen LogP contribution < -0.4 is 5.32 Å². The summed E-state index contributed by atoms with van der Waals surface area (Å²) in [5.74, 6) is -0.170. The van der Waals surface area contributed by atoms with Crippen LogP contribution in [-0.2, 0) is 11.3 Å². The predicted molar refractivity (Wildman–Crippen MR) is 61.8 cm³/mol. The van der Waals surface area contributed by atoms with E-state index in [0.29, 0.717) is 0 Å². The first kappa shape index (κ1) is 11.6. The van der Waals surface area contributed by atoms with E-state index >= 15 is 0 Å². The van der Waals surface area contributed by atoms with Gasteiger partial charge in [-0.1, -0.05) is 6.07 Å². The van der Waals surface area contributed by atoms with Crippen molar-refractivity contribution in [1.82, 2.24) is 5.32 Å². The van der Waals surface area contributed by atoms with Gasteiger partial charge in [-0.15, -0.1) is 0 Å². The molecule has 1 aliphatic rings. The summed E-state index contributed by atoms with van der Waals surface area (Å²) in [6.07, 6.45) is 1.03. The van der Waals surface area contributed by atoms with Crippen LogP contribution in [0.3, 0.4) is 0 Å². The Balaban J connectivity index is 1.99. The van der Waals surface area contributed by atoms with Crippen LogP contribution in [0, 0.1) is 12.7 Å². The molecule has 1 heterocycles. The minimum Gasteiger partial charge on any atom is -0.379 e. The molecule has 1 saturated heterocycles. The van der Waals surface area contributed by atoms with Crippen LogP contribution in [0.15, 0.2) is 18.2 Å². The fraction of sp³-hybridized carbons (Fsp3) is 0.538. The third-order valence-corrected chi connectivity index (χ3v) is 3.23. The van der Waals surface area contributed by atoms with E-state index < -0.39 is 0 Å². The van der Waals surface area contributed by atoms with Gasteiger partial charge in [-0.2, -0.15) is 0 Å². The van der Waals surface area contributed by atoms with Crippen molar-refractivity contribution >= 4 is 0 Å². The Morgan fingerprint density at radius 2 is 2.31 bits per heavy atom. The number of aryl methyl sites for hydroxylation is 1. The number of nitrogens with one attached hydrogen (secondary N) is 1. The van der Waals surface area contributed by atoms with E-state index in [2.05, 4.69) is 12.2 Å². The van der Waals surface area contributed by atoms with Crippen LogP contribution in [0.4, 0.5) is 4.39 Å². The molecule has 1 N–H and O–H groups in total. The zero-order valence-electron chi connectivity index (χ0n) is 9.85. The molecule has 16 heavy (non-hydrogen) atoms. The Kier molecular flexibility index (Phi) is 3.26. The molecule has 1 fully saturated rings. The number of benzene rings is 1. The summed E-state index contributed by atoms with van der Waals surface area (Å²) < 4.78 is 18.3.